The molecular formula is C44H34N2Si. The number of nitrogens with one attached hydrogen (secondary N) is 1. The highest BCUT2D eigenvalue weighted by molar-refractivity contribution is 7.03. The van der Waals surface area contributed by atoms with Crippen LogP contribution in [0.4, 0.5) is 11.4 Å². The van der Waals surface area contributed by atoms with Crippen molar-refractivity contribution in [2.45, 2.75) is 13.1 Å². The van der Waals surface area contributed by atoms with Crippen molar-refractivity contribution in [1.82, 2.24) is 4.57 Å². The van der Waals surface area contributed by atoms with Gasteiger partial charge in [0.2, 0.25) is 0 Å². The first-order valence-electron chi connectivity index (χ1n) is 16.4. The van der Waals surface area contributed by atoms with Gasteiger partial charge >= 0.3 is 0 Å². The van der Waals surface area contributed by atoms with E-state index in [1.807, 2.05) is 0 Å². The first-order valence-corrected chi connectivity index (χ1v) is 19.4. The van der Waals surface area contributed by atoms with Crippen LogP contribution in [0.25, 0.3) is 60.9 Å². The van der Waals surface area contributed by atoms with E-state index < -0.39 is 8.07 Å². The number of hydrogen-bond acceptors (Lipinski definition) is 1. The monoisotopic (exact) mass is 618 g/mol. The third-order valence-electron chi connectivity index (χ3n) is 10.00. The Morgan fingerprint density at radius 3 is 1.77 bits per heavy atom. The summed E-state index contributed by atoms with van der Waals surface area (Å²) in [5, 5.41) is 9.19. The predicted molar refractivity (Wildman–Crippen MR) is 204 cm³/mol. The van der Waals surface area contributed by atoms with Crippen LogP contribution >= 0.6 is 0 Å². The molecule has 224 valence electrons. The third kappa shape index (κ3) is 4.54. The normalized spacial score (nSPS) is 13.1. The SMILES string of the molecule is C[Si]1(C)c2ccccc2-c2ccc(-n3c4ccccc4c4cc(-c5ccc(Nc6ccc(-c7ccccc7)cc6)cc5)ccc43)cc21. The smallest absolute Gasteiger partial charge is 0.113 e. The lowest BCUT2D eigenvalue weighted by Crippen LogP contribution is -2.49. The summed E-state index contributed by atoms with van der Waals surface area (Å²) in [6.45, 7) is 4.98. The molecule has 1 aliphatic heterocycles. The molecule has 47 heavy (non-hydrogen) atoms. The largest absolute Gasteiger partial charge is 0.356 e. The Morgan fingerprint density at radius 1 is 0.426 bits per heavy atom. The quantitative estimate of drug-likeness (QED) is 0.190. The van der Waals surface area contributed by atoms with Gasteiger partial charge in [0, 0.05) is 27.8 Å². The number of anilines is 2. The van der Waals surface area contributed by atoms with Gasteiger partial charge in [-0.25, -0.2) is 0 Å². The van der Waals surface area contributed by atoms with E-state index >= 15 is 0 Å². The van der Waals surface area contributed by atoms with Gasteiger partial charge in [-0.1, -0.05) is 122 Å². The summed E-state index contributed by atoms with van der Waals surface area (Å²) in [4.78, 5) is 0. The molecule has 2 nitrogen and oxygen atoms in total. The van der Waals surface area contributed by atoms with Crippen LogP contribution in [0, 0.1) is 0 Å². The zero-order chi connectivity index (χ0) is 31.5. The molecule has 0 fully saturated rings. The Balaban J connectivity index is 1.05. The zero-order valence-electron chi connectivity index (χ0n) is 26.5. The molecule has 1 aromatic heterocycles. The summed E-state index contributed by atoms with van der Waals surface area (Å²) < 4.78 is 2.46. The van der Waals surface area contributed by atoms with E-state index in [4.69, 9.17) is 0 Å². The summed E-state index contributed by atoms with van der Waals surface area (Å²) in [5.74, 6) is 0. The van der Waals surface area contributed by atoms with E-state index in [9.17, 15) is 0 Å². The lowest BCUT2D eigenvalue weighted by Gasteiger charge is -2.20. The fraction of sp³-hybridized carbons (Fsp3) is 0.0455. The van der Waals surface area contributed by atoms with E-state index in [-0.39, 0.29) is 0 Å². The Kier molecular flexibility index (Phi) is 6.31. The average Bonchev–Trinajstić information content (AvgIpc) is 3.57. The molecule has 0 bridgehead atoms. The number of hydrogen-bond donors (Lipinski definition) is 1. The van der Waals surface area contributed by atoms with Crippen molar-refractivity contribution in [1.29, 1.82) is 0 Å². The van der Waals surface area contributed by atoms with Crippen LogP contribution in [0.15, 0.2) is 164 Å². The average molecular weight is 619 g/mol. The number of aromatic nitrogens is 1. The lowest BCUT2D eigenvalue weighted by atomic mass is 10.0. The molecule has 9 rings (SSSR count). The highest BCUT2D eigenvalue weighted by Gasteiger charge is 2.37. The highest BCUT2D eigenvalue weighted by Crippen LogP contribution is 2.37. The molecule has 0 atom stereocenters. The fourth-order valence-electron chi connectivity index (χ4n) is 7.55. The van der Waals surface area contributed by atoms with Gasteiger partial charge in [-0.15, -0.1) is 0 Å². The highest BCUT2D eigenvalue weighted by atomic mass is 28.3. The molecule has 0 spiro atoms. The second-order valence-corrected chi connectivity index (χ2v) is 17.5. The van der Waals surface area contributed by atoms with Crippen LogP contribution in [0.1, 0.15) is 0 Å². The van der Waals surface area contributed by atoms with Gasteiger partial charge in [-0.2, -0.15) is 0 Å². The molecule has 0 aliphatic carbocycles. The molecular weight excluding hydrogens is 585 g/mol. The minimum atomic E-state index is -1.78. The summed E-state index contributed by atoms with van der Waals surface area (Å²) in [7, 11) is -1.78. The molecule has 1 N–H and O–H groups in total. The molecule has 3 heteroatoms. The molecule has 0 unspecified atom stereocenters. The molecule has 0 radical (unpaired) electrons. The van der Waals surface area contributed by atoms with Crippen LogP contribution in [-0.4, -0.2) is 12.6 Å². The van der Waals surface area contributed by atoms with E-state index in [0.717, 1.165) is 11.4 Å². The summed E-state index contributed by atoms with van der Waals surface area (Å²) in [6.07, 6.45) is 0. The van der Waals surface area contributed by atoms with Gasteiger partial charge in [0.25, 0.3) is 0 Å². The van der Waals surface area contributed by atoms with Gasteiger partial charge in [-0.05, 0) is 98.4 Å². The van der Waals surface area contributed by atoms with Crippen LogP contribution in [0.2, 0.25) is 13.1 Å². The van der Waals surface area contributed by atoms with E-state index in [2.05, 4.69) is 187 Å². The Labute approximate surface area is 276 Å². The zero-order valence-corrected chi connectivity index (χ0v) is 27.5. The second-order valence-electron chi connectivity index (χ2n) is 13.1. The van der Waals surface area contributed by atoms with Crippen LogP contribution in [0.5, 0.6) is 0 Å². The van der Waals surface area contributed by atoms with Gasteiger partial charge in [0.15, 0.2) is 0 Å². The van der Waals surface area contributed by atoms with Gasteiger partial charge in [-0.3, -0.25) is 0 Å². The maximum Gasteiger partial charge on any atom is 0.113 e. The van der Waals surface area contributed by atoms with Gasteiger partial charge in [0.1, 0.15) is 8.07 Å². The van der Waals surface area contributed by atoms with E-state index in [1.165, 1.54) is 66.1 Å². The van der Waals surface area contributed by atoms with Crippen molar-refractivity contribution < 1.29 is 0 Å². The summed E-state index contributed by atoms with van der Waals surface area (Å²) >= 11 is 0. The predicted octanol–water partition coefficient (Wildman–Crippen LogP) is 10.7. The lowest BCUT2D eigenvalue weighted by molar-refractivity contribution is 1.18. The number of benzene rings is 7. The summed E-state index contributed by atoms with van der Waals surface area (Å²) in [5.41, 5.74) is 13.6. The van der Waals surface area contributed by atoms with Crippen LogP contribution in [-0.2, 0) is 0 Å². The number of nitrogens with zero attached hydrogens (tertiary/aromatic N) is 1. The van der Waals surface area contributed by atoms with E-state index in [1.54, 1.807) is 5.19 Å². The first-order chi connectivity index (χ1) is 23.0. The van der Waals surface area contributed by atoms with E-state index in [0.29, 0.717) is 0 Å². The fourth-order valence-corrected chi connectivity index (χ4v) is 10.6. The van der Waals surface area contributed by atoms with Gasteiger partial charge < -0.3 is 9.88 Å². The maximum absolute atomic E-state index is 3.57. The van der Waals surface area contributed by atoms with Crippen molar-refractivity contribution >= 4 is 51.6 Å². The molecule has 1 aliphatic rings. The molecule has 0 amide bonds. The van der Waals surface area contributed by atoms with Crippen molar-refractivity contribution in [2.24, 2.45) is 0 Å². The molecule has 0 saturated carbocycles. The molecule has 2 heterocycles. The van der Waals surface area contributed by atoms with Gasteiger partial charge in [0.05, 0.1) is 11.0 Å². The number of fused-ring (bicyclic) bond motifs is 6. The second kappa shape index (κ2) is 10.7. The standard InChI is InChI=1S/C44H34N2Si/c1-47(2)43-15-9-7-13-38(43)39-26-25-36(29-44(39)47)46-41-14-8-6-12-37(41)40-28-33(20-27-42(40)46)32-18-23-35(24-19-32)45-34-21-16-31(17-22-34)30-10-4-3-5-11-30/h3-29,45H,1-2H3. The summed E-state index contributed by atoms with van der Waals surface area (Å²) in [6, 6.07) is 59.8. The maximum atomic E-state index is 3.57. The molecule has 0 saturated heterocycles. The van der Waals surface area contributed by atoms with Crippen LogP contribution in [0.3, 0.4) is 0 Å². The van der Waals surface area contributed by atoms with Crippen molar-refractivity contribution in [2.75, 3.05) is 5.32 Å². The molecule has 8 aromatic rings. The Morgan fingerprint density at radius 2 is 1.00 bits per heavy atom. The minimum Gasteiger partial charge on any atom is -0.356 e. The number of para-hydroxylation sites is 1. The third-order valence-corrected chi connectivity index (χ3v) is 13.5. The first kappa shape index (κ1) is 27.6. The topological polar surface area (TPSA) is 17.0 Å². The van der Waals surface area contributed by atoms with Crippen molar-refractivity contribution in [3.63, 3.8) is 0 Å². The molecule has 7 aromatic carbocycles. The minimum absolute atomic E-state index is 1.07. The Hall–Kier alpha value is -5.64. The van der Waals surface area contributed by atoms with Crippen molar-refractivity contribution in [3.8, 4) is 39.1 Å². The van der Waals surface area contributed by atoms with Crippen LogP contribution < -0.4 is 15.7 Å². The Bertz CT molecular complexity index is 2440. The van der Waals surface area contributed by atoms with Crippen molar-refractivity contribution in [3.05, 3.63) is 164 Å². The number of rotatable bonds is 5.